The topological polar surface area (TPSA) is 107 Å². The van der Waals surface area contributed by atoms with Crippen molar-refractivity contribution >= 4 is 46.1 Å². The van der Waals surface area contributed by atoms with Crippen molar-refractivity contribution in [1.82, 2.24) is 4.90 Å². The molecule has 1 heterocycles. The summed E-state index contributed by atoms with van der Waals surface area (Å²) in [6.45, 7) is 2.31. The fraction of sp³-hybridized carbons (Fsp3) is 0.267. The van der Waals surface area contributed by atoms with E-state index in [-0.39, 0.29) is 24.8 Å². The van der Waals surface area contributed by atoms with E-state index in [1.54, 1.807) is 56.4 Å². The number of carbonyl (C=O) groups is 3. The lowest BCUT2D eigenvalue weighted by molar-refractivity contribution is -0.129. The molecule has 0 saturated carbocycles. The molecule has 41 heavy (non-hydrogen) atoms. The van der Waals surface area contributed by atoms with Gasteiger partial charge < -0.3 is 19.5 Å². The third-order valence-corrected chi connectivity index (χ3v) is 7.41. The van der Waals surface area contributed by atoms with Gasteiger partial charge in [0.1, 0.15) is 11.1 Å². The first-order chi connectivity index (χ1) is 19.8. The number of hydrogen-bond donors (Lipinski definition) is 1. The average molecular weight is 580 g/mol. The van der Waals surface area contributed by atoms with Gasteiger partial charge in [0.25, 0.3) is 0 Å². The van der Waals surface area contributed by atoms with Crippen LogP contribution in [-0.2, 0) is 20.7 Å². The number of carbonyl (C=O) groups excluding carboxylic acids is 3. The van der Waals surface area contributed by atoms with Gasteiger partial charge in [-0.05, 0) is 79.6 Å². The molecular formula is C30H30FN3O6S. The number of nitrogens with one attached hydrogen (secondary N) is 1. The second-order valence-electron chi connectivity index (χ2n) is 8.95. The molecule has 1 atom stereocenters. The minimum absolute atomic E-state index is 0.0373. The summed E-state index contributed by atoms with van der Waals surface area (Å²) in [5.41, 5.74) is 2.23. The molecule has 0 spiro atoms. The van der Waals surface area contributed by atoms with E-state index in [0.29, 0.717) is 46.6 Å². The number of ether oxygens (including phenoxy) is 3. The first kappa shape index (κ1) is 29.6. The highest BCUT2D eigenvalue weighted by Crippen LogP contribution is 2.31. The molecule has 3 aromatic rings. The summed E-state index contributed by atoms with van der Waals surface area (Å²) in [5.74, 6) is -0.325. The maximum Gasteiger partial charge on any atom is 0.338 e. The summed E-state index contributed by atoms with van der Waals surface area (Å²) in [4.78, 5) is 44.7. The number of benzene rings is 3. The van der Waals surface area contributed by atoms with Crippen molar-refractivity contribution in [1.29, 1.82) is 0 Å². The highest BCUT2D eigenvalue weighted by molar-refractivity contribution is 8.15. The molecule has 1 aliphatic heterocycles. The lowest BCUT2D eigenvalue weighted by Crippen LogP contribution is -2.46. The van der Waals surface area contributed by atoms with Crippen LogP contribution in [0.1, 0.15) is 29.3 Å². The number of amidine groups is 1. The Bertz CT molecular complexity index is 1430. The number of methoxy groups -OCH3 is 2. The minimum atomic E-state index is -0.748. The largest absolute Gasteiger partial charge is 0.493 e. The molecule has 3 aromatic carbocycles. The Morgan fingerprint density at radius 2 is 1.73 bits per heavy atom. The number of esters is 1. The third kappa shape index (κ3) is 7.63. The molecule has 1 saturated heterocycles. The van der Waals surface area contributed by atoms with Gasteiger partial charge in [-0.15, -0.1) is 0 Å². The van der Waals surface area contributed by atoms with Crippen LogP contribution in [0.4, 0.5) is 15.8 Å². The van der Waals surface area contributed by atoms with Crippen molar-refractivity contribution in [2.45, 2.75) is 25.0 Å². The quantitative estimate of drug-likeness (QED) is 0.328. The predicted octanol–water partition coefficient (Wildman–Crippen LogP) is 5.22. The molecule has 0 unspecified atom stereocenters. The highest BCUT2D eigenvalue weighted by Gasteiger charge is 2.36. The lowest BCUT2D eigenvalue weighted by atomic mass is 10.1. The van der Waals surface area contributed by atoms with E-state index in [1.165, 1.54) is 36.0 Å². The molecule has 214 valence electrons. The van der Waals surface area contributed by atoms with E-state index >= 15 is 0 Å². The summed E-state index contributed by atoms with van der Waals surface area (Å²) in [7, 11) is 3.12. The number of hydrogen-bond acceptors (Lipinski definition) is 8. The van der Waals surface area contributed by atoms with E-state index in [1.807, 2.05) is 12.1 Å². The van der Waals surface area contributed by atoms with Crippen molar-refractivity contribution < 1.29 is 33.0 Å². The van der Waals surface area contributed by atoms with E-state index in [9.17, 15) is 18.8 Å². The van der Waals surface area contributed by atoms with Crippen LogP contribution in [0.3, 0.4) is 0 Å². The monoisotopic (exact) mass is 579 g/mol. The molecule has 1 N–H and O–H groups in total. The van der Waals surface area contributed by atoms with Crippen LogP contribution in [0.25, 0.3) is 0 Å². The Morgan fingerprint density at radius 1 is 1.02 bits per heavy atom. The fourth-order valence-electron chi connectivity index (χ4n) is 4.09. The molecule has 0 radical (unpaired) electrons. The standard InChI is InChI=1S/C30H30FN3O6S/c1-4-40-29(37)20-6-10-23(11-7-20)33-30-34(16-15-19-5-14-24(38-2)25(17-19)39-3)27(35)18-26(41-30)28(36)32-22-12-8-21(31)9-13-22/h5-14,17,26H,4,15-16,18H2,1-3H3,(H,32,36)/t26-/m0/s1. The molecule has 1 aliphatic rings. The van der Waals surface area contributed by atoms with Crippen molar-refractivity contribution in [2.75, 3.05) is 32.7 Å². The van der Waals surface area contributed by atoms with Crippen LogP contribution in [0.5, 0.6) is 11.5 Å². The van der Waals surface area contributed by atoms with E-state index in [2.05, 4.69) is 10.3 Å². The van der Waals surface area contributed by atoms with Crippen LogP contribution in [0.2, 0.25) is 0 Å². The van der Waals surface area contributed by atoms with Crippen molar-refractivity contribution in [3.05, 3.63) is 83.7 Å². The summed E-state index contributed by atoms with van der Waals surface area (Å²) in [6, 6.07) is 17.5. The molecule has 4 rings (SSSR count). The first-order valence-electron chi connectivity index (χ1n) is 12.9. The van der Waals surface area contributed by atoms with E-state index in [0.717, 1.165) is 5.56 Å². The average Bonchev–Trinajstić information content (AvgIpc) is 2.98. The van der Waals surface area contributed by atoms with Crippen LogP contribution >= 0.6 is 11.8 Å². The number of rotatable bonds is 10. The summed E-state index contributed by atoms with van der Waals surface area (Å²) in [5, 5.41) is 2.35. The number of halogens is 1. The summed E-state index contributed by atoms with van der Waals surface area (Å²) >= 11 is 1.17. The van der Waals surface area contributed by atoms with Gasteiger partial charge in [0.15, 0.2) is 16.7 Å². The minimum Gasteiger partial charge on any atom is -0.493 e. The molecule has 0 aliphatic carbocycles. The van der Waals surface area contributed by atoms with Crippen molar-refractivity contribution in [3.63, 3.8) is 0 Å². The van der Waals surface area contributed by atoms with Crippen molar-refractivity contribution in [2.24, 2.45) is 4.99 Å². The van der Waals surface area contributed by atoms with E-state index in [4.69, 9.17) is 14.2 Å². The maximum absolute atomic E-state index is 13.4. The van der Waals surface area contributed by atoms with Crippen LogP contribution < -0.4 is 14.8 Å². The van der Waals surface area contributed by atoms with Gasteiger partial charge in [-0.1, -0.05) is 17.8 Å². The van der Waals surface area contributed by atoms with E-state index < -0.39 is 17.0 Å². The Kier molecular flexibility index (Phi) is 9.96. The Hall–Kier alpha value is -4.38. The van der Waals surface area contributed by atoms with Crippen molar-refractivity contribution in [3.8, 4) is 11.5 Å². The SMILES string of the molecule is CCOC(=O)c1ccc(N=C2S[C@H](C(=O)Nc3ccc(F)cc3)CC(=O)N2CCc2ccc(OC)c(OC)c2)cc1. The Morgan fingerprint density at radius 3 is 2.39 bits per heavy atom. The molecule has 0 aromatic heterocycles. The molecular weight excluding hydrogens is 549 g/mol. The number of thioether (sulfide) groups is 1. The number of amides is 2. The van der Waals surface area contributed by atoms with Gasteiger partial charge in [0, 0.05) is 18.7 Å². The zero-order chi connectivity index (χ0) is 29.4. The molecule has 2 amide bonds. The second kappa shape index (κ2) is 13.8. The Labute approximate surface area is 241 Å². The van der Waals surface area contributed by atoms with Crippen LogP contribution in [0.15, 0.2) is 71.7 Å². The maximum atomic E-state index is 13.4. The highest BCUT2D eigenvalue weighted by atomic mass is 32.2. The summed E-state index contributed by atoms with van der Waals surface area (Å²) < 4.78 is 29.0. The first-order valence-corrected chi connectivity index (χ1v) is 13.8. The van der Waals surface area contributed by atoms with Gasteiger partial charge in [-0.3, -0.25) is 14.5 Å². The number of nitrogens with zero attached hydrogens (tertiary/aromatic N) is 2. The fourth-order valence-corrected chi connectivity index (χ4v) is 5.22. The lowest BCUT2D eigenvalue weighted by Gasteiger charge is -2.32. The van der Waals surface area contributed by atoms with Gasteiger partial charge >= 0.3 is 5.97 Å². The van der Waals surface area contributed by atoms with Gasteiger partial charge in [0.05, 0.1) is 32.1 Å². The number of anilines is 1. The van der Waals surface area contributed by atoms with Gasteiger partial charge in [-0.25, -0.2) is 14.2 Å². The molecule has 0 bridgehead atoms. The second-order valence-corrected chi connectivity index (χ2v) is 10.1. The molecule has 11 heteroatoms. The molecule has 1 fully saturated rings. The van der Waals surface area contributed by atoms with Crippen LogP contribution in [-0.4, -0.2) is 60.5 Å². The smallest absolute Gasteiger partial charge is 0.338 e. The molecule has 9 nitrogen and oxygen atoms in total. The summed E-state index contributed by atoms with van der Waals surface area (Å²) in [6.07, 6.45) is 0.463. The zero-order valence-electron chi connectivity index (χ0n) is 22.9. The normalized spacial score (nSPS) is 15.9. The number of aliphatic imine (C=N–C) groups is 1. The Balaban J connectivity index is 1.57. The van der Waals surface area contributed by atoms with Gasteiger partial charge in [-0.2, -0.15) is 0 Å². The van der Waals surface area contributed by atoms with Gasteiger partial charge in [0.2, 0.25) is 11.8 Å². The van der Waals surface area contributed by atoms with Crippen LogP contribution in [0, 0.1) is 5.82 Å². The zero-order valence-corrected chi connectivity index (χ0v) is 23.7. The third-order valence-electron chi connectivity index (χ3n) is 6.22. The predicted molar refractivity (Wildman–Crippen MR) is 155 cm³/mol.